The molecule has 1 aromatic carbocycles. The van der Waals surface area contributed by atoms with Gasteiger partial charge in [-0.1, -0.05) is 35.3 Å². The number of aromatic nitrogens is 4. The second-order valence-corrected chi connectivity index (χ2v) is 7.87. The third-order valence-corrected chi connectivity index (χ3v) is 6.22. The van der Waals surface area contributed by atoms with Crippen LogP contribution in [-0.4, -0.2) is 45.8 Å². The Morgan fingerprint density at radius 3 is 2.70 bits per heavy atom. The number of anilines is 1. The third-order valence-electron chi connectivity index (χ3n) is 5.40. The molecule has 3 heterocycles. The van der Waals surface area contributed by atoms with Gasteiger partial charge in [0, 0.05) is 24.2 Å². The molecule has 3 aromatic rings. The molecule has 0 atom stereocenters. The van der Waals surface area contributed by atoms with Crippen LogP contribution in [0.5, 0.6) is 0 Å². The van der Waals surface area contributed by atoms with Crippen LogP contribution in [0, 0.1) is 0 Å². The van der Waals surface area contributed by atoms with Crippen molar-refractivity contribution in [2.45, 2.75) is 25.3 Å². The maximum atomic E-state index is 12.8. The SMILES string of the molecule is CNC1(C)CCN(c2nc3n[nH]c(-c4cccc(Cl)c4Cl)c3c(=O)[nH]2)CC1. The van der Waals surface area contributed by atoms with Crippen molar-refractivity contribution in [3.8, 4) is 11.3 Å². The van der Waals surface area contributed by atoms with E-state index in [2.05, 4.69) is 37.3 Å². The summed E-state index contributed by atoms with van der Waals surface area (Å²) < 4.78 is 0. The quantitative estimate of drug-likeness (QED) is 0.621. The van der Waals surface area contributed by atoms with Crippen LogP contribution < -0.4 is 15.8 Å². The minimum absolute atomic E-state index is 0.115. The standard InChI is InChI=1S/C18H20Cl2N6O/c1-18(21-2)6-8-26(9-7-18)17-22-15-12(16(27)23-17)14(24-25-15)10-4-3-5-11(19)13(10)20/h3-5,21H,6-9H2,1-2H3,(H2,22,23,24,25,27). The van der Waals surface area contributed by atoms with E-state index in [0.717, 1.165) is 25.9 Å². The molecular weight excluding hydrogens is 387 g/mol. The summed E-state index contributed by atoms with van der Waals surface area (Å²) in [4.78, 5) is 22.4. The van der Waals surface area contributed by atoms with Gasteiger partial charge in [-0.15, -0.1) is 0 Å². The molecule has 0 bridgehead atoms. The van der Waals surface area contributed by atoms with E-state index in [0.29, 0.717) is 38.3 Å². The number of hydrogen-bond acceptors (Lipinski definition) is 5. The highest BCUT2D eigenvalue weighted by atomic mass is 35.5. The van der Waals surface area contributed by atoms with Crippen molar-refractivity contribution < 1.29 is 0 Å². The van der Waals surface area contributed by atoms with Crippen molar-refractivity contribution in [3.05, 3.63) is 38.6 Å². The Labute approximate surface area is 166 Å². The van der Waals surface area contributed by atoms with E-state index in [9.17, 15) is 4.79 Å². The molecule has 0 saturated carbocycles. The molecule has 7 nitrogen and oxygen atoms in total. The summed E-state index contributed by atoms with van der Waals surface area (Å²) in [7, 11) is 1.98. The zero-order chi connectivity index (χ0) is 19.2. The summed E-state index contributed by atoms with van der Waals surface area (Å²) in [6, 6.07) is 5.26. The smallest absolute Gasteiger partial charge is 0.264 e. The average molecular weight is 407 g/mol. The number of hydrogen-bond donors (Lipinski definition) is 3. The number of nitrogens with one attached hydrogen (secondary N) is 3. The van der Waals surface area contributed by atoms with E-state index in [-0.39, 0.29) is 11.1 Å². The Hall–Kier alpha value is -2.09. The maximum Gasteiger partial charge on any atom is 0.264 e. The molecule has 0 amide bonds. The number of piperidine rings is 1. The minimum Gasteiger partial charge on any atom is -0.342 e. The Kier molecular flexibility index (Phi) is 4.61. The predicted molar refractivity (Wildman–Crippen MR) is 109 cm³/mol. The first-order valence-electron chi connectivity index (χ1n) is 8.78. The van der Waals surface area contributed by atoms with Crippen LogP contribution in [0.15, 0.2) is 23.0 Å². The molecule has 4 rings (SSSR count). The molecule has 1 fully saturated rings. The largest absolute Gasteiger partial charge is 0.342 e. The van der Waals surface area contributed by atoms with Gasteiger partial charge in [-0.05, 0) is 32.9 Å². The Morgan fingerprint density at radius 2 is 2.00 bits per heavy atom. The first kappa shape index (κ1) is 18.3. The summed E-state index contributed by atoms with van der Waals surface area (Å²) in [5.74, 6) is 0.542. The number of nitrogens with zero attached hydrogens (tertiary/aromatic N) is 3. The first-order valence-corrected chi connectivity index (χ1v) is 9.54. The molecule has 1 aliphatic heterocycles. The molecule has 1 aliphatic rings. The van der Waals surface area contributed by atoms with Gasteiger partial charge in [0.25, 0.3) is 5.56 Å². The molecule has 0 radical (unpaired) electrons. The zero-order valence-corrected chi connectivity index (χ0v) is 16.6. The topological polar surface area (TPSA) is 89.7 Å². The van der Waals surface area contributed by atoms with Gasteiger partial charge < -0.3 is 10.2 Å². The molecule has 0 unspecified atom stereocenters. The number of benzene rings is 1. The molecule has 1 saturated heterocycles. The van der Waals surface area contributed by atoms with E-state index in [1.54, 1.807) is 18.2 Å². The van der Waals surface area contributed by atoms with Gasteiger partial charge >= 0.3 is 0 Å². The van der Waals surface area contributed by atoms with Gasteiger partial charge in [0.05, 0.1) is 15.7 Å². The summed E-state index contributed by atoms with van der Waals surface area (Å²) in [6.45, 7) is 3.82. The fourth-order valence-electron chi connectivity index (χ4n) is 3.42. The molecule has 2 aromatic heterocycles. The highest BCUT2D eigenvalue weighted by Crippen LogP contribution is 2.34. The minimum atomic E-state index is -0.253. The molecule has 27 heavy (non-hydrogen) atoms. The molecule has 3 N–H and O–H groups in total. The van der Waals surface area contributed by atoms with Crippen LogP contribution in [0.1, 0.15) is 19.8 Å². The third kappa shape index (κ3) is 3.20. The Balaban J connectivity index is 1.73. The highest BCUT2D eigenvalue weighted by molar-refractivity contribution is 6.43. The van der Waals surface area contributed by atoms with Crippen LogP contribution in [0.2, 0.25) is 10.0 Å². The summed E-state index contributed by atoms with van der Waals surface area (Å²) >= 11 is 12.4. The zero-order valence-electron chi connectivity index (χ0n) is 15.1. The van der Waals surface area contributed by atoms with Gasteiger partial charge in [-0.25, -0.2) is 0 Å². The van der Waals surface area contributed by atoms with Crippen LogP contribution in [0.4, 0.5) is 5.95 Å². The fourth-order valence-corrected chi connectivity index (χ4v) is 3.82. The summed E-state index contributed by atoms with van der Waals surface area (Å²) in [5.41, 5.74) is 1.36. The first-order chi connectivity index (χ1) is 12.9. The van der Waals surface area contributed by atoms with E-state index >= 15 is 0 Å². The average Bonchev–Trinajstić information content (AvgIpc) is 3.09. The van der Waals surface area contributed by atoms with Gasteiger partial charge in [-0.2, -0.15) is 10.1 Å². The second-order valence-electron chi connectivity index (χ2n) is 7.09. The Morgan fingerprint density at radius 1 is 1.26 bits per heavy atom. The number of fused-ring (bicyclic) bond motifs is 1. The maximum absolute atomic E-state index is 12.8. The summed E-state index contributed by atoms with van der Waals surface area (Å²) in [6.07, 6.45) is 1.93. The Bertz CT molecular complexity index is 1050. The molecule has 142 valence electrons. The van der Waals surface area contributed by atoms with Gasteiger partial charge in [0.15, 0.2) is 5.65 Å². The number of aromatic amines is 2. The lowest BCUT2D eigenvalue weighted by Gasteiger charge is -2.39. The lowest BCUT2D eigenvalue weighted by atomic mass is 9.90. The molecule has 9 heteroatoms. The van der Waals surface area contributed by atoms with Crippen molar-refractivity contribution >= 4 is 40.2 Å². The van der Waals surface area contributed by atoms with E-state index in [1.807, 2.05) is 7.05 Å². The van der Waals surface area contributed by atoms with Crippen LogP contribution in [0.3, 0.4) is 0 Å². The second kappa shape index (κ2) is 6.82. The van der Waals surface area contributed by atoms with Crippen LogP contribution >= 0.6 is 23.2 Å². The lowest BCUT2D eigenvalue weighted by molar-refractivity contribution is 0.303. The molecular formula is C18H20Cl2N6O. The highest BCUT2D eigenvalue weighted by Gasteiger charge is 2.29. The monoisotopic (exact) mass is 406 g/mol. The van der Waals surface area contributed by atoms with Gasteiger partial charge in [-0.3, -0.25) is 14.9 Å². The van der Waals surface area contributed by atoms with Crippen LogP contribution in [-0.2, 0) is 0 Å². The molecule has 0 aliphatic carbocycles. The van der Waals surface area contributed by atoms with E-state index in [1.165, 1.54) is 0 Å². The predicted octanol–water partition coefficient (Wildman–Crippen LogP) is 3.20. The van der Waals surface area contributed by atoms with Gasteiger partial charge in [0.1, 0.15) is 5.39 Å². The lowest BCUT2D eigenvalue weighted by Crippen LogP contribution is -2.50. The molecule has 0 spiro atoms. The number of halogens is 2. The van der Waals surface area contributed by atoms with Crippen molar-refractivity contribution in [1.29, 1.82) is 0 Å². The normalized spacial score (nSPS) is 16.8. The van der Waals surface area contributed by atoms with E-state index < -0.39 is 0 Å². The van der Waals surface area contributed by atoms with Crippen molar-refractivity contribution in [3.63, 3.8) is 0 Å². The van der Waals surface area contributed by atoms with Crippen molar-refractivity contribution in [1.82, 2.24) is 25.5 Å². The van der Waals surface area contributed by atoms with Crippen LogP contribution in [0.25, 0.3) is 22.3 Å². The van der Waals surface area contributed by atoms with Crippen molar-refractivity contribution in [2.75, 3.05) is 25.0 Å². The summed E-state index contributed by atoms with van der Waals surface area (Å²) in [5, 5.41) is 11.6. The van der Waals surface area contributed by atoms with Crippen molar-refractivity contribution in [2.24, 2.45) is 0 Å². The fraction of sp³-hybridized carbons (Fsp3) is 0.389. The number of H-pyrrole nitrogens is 2. The van der Waals surface area contributed by atoms with Gasteiger partial charge in [0.2, 0.25) is 5.95 Å². The number of rotatable bonds is 3. The van der Waals surface area contributed by atoms with E-state index in [4.69, 9.17) is 23.2 Å².